The van der Waals surface area contributed by atoms with Crippen LogP contribution in [0.5, 0.6) is 0 Å². The van der Waals surface area contributed by atoms with Gasteiger partial charge in [-0.25, -0.2) is 5.01 Å². The van der Waals surface area contributed by atoms with Gasteiger partial charge in [-0.05, 0) is 50.3 Å². The Bertz CT molecular complexity index is 995. The second kappa shape index (κ2) is 12.2. The van der Waals surface area contributed by atoms with Gasteiger partial charge in [0.1, 0.15) is 0 Å². The Morgan fingerprint density at radius 3 is 2.45 bits per heavy atom. The van der Waals surface area contributed by atoms with Crippen LogP contribution in [0.15, 0.2) is 53.6 Å². The normalized spacial score (nSPS) is 13.4. The van der Waals surface area contributed by atoms with E-state index in [0.29, 0.717) is 29.7 Å². The number of carbonyl (C=O) groups excluding carboxylic acids is 2. The van der Waals surface area contributed by atoms with Gasteiger partial charge < -0.3 is 9.80 Å². The van der Waals surface area contributed by atoms with Gasteiger partial charge in [0.15, 0.2) is 0 Å². The summed E-state index contributed by atoms with van der Waals surface area (Å²) in [4.78, 5) is 29.6. The standard InChI is InChI=1S/C25H30Cl2N4O2/c1-29(2)14-6-15-30(18-19-9-10-21(26)22(27)17-19)24(32)11-12-25(33)31-16-13-23(28-31)20-7-4-3-5-8-20/h3-5,7-10,17H,6,11-16,18H2,1-2H3. The second-order valence-corrected chi connectivity index (χ2v) is 9.21. The third-order valence-electron chi connectivity index (χ3n) is 5.49. The highest BCUT2D eigenvalue weighted by molar-refractivity contribution is 6.42. The molecular formula is C25H30Cl2N4O2. The smallest absolute Gasteiger partial charge is 0.243 e. The van der Waals surface area contributed by atoms with Crippen LogP contribution in [0.3, 0.4) is 0 Å². The fraction of sp³-hybridized carbons (Fsp3) is 0.400. The van der Waals surface area contributed by atoms with Crippen molar-refractivity contribution in [1.29, 1.82) is 0 Å². The lowest BCUT2D eigenvalue weighted by Crippen LogP contribution is -2.34. The van der Waals surface area contributed by atoms with Crippen molar-refractivity contribution in [2.75, 3.05) is 33.7 Å². The summed E-state index contributed by atoms with van der Waals surface area (Å²) in [6.07, 6.45) is 1.84. The summed E-state index contributed by atoms with van der Waals surface area (Å²) in [7, 11) is 4.01. The molecular weight excluding hydrogens is 459 g/mol. The van der Waals surface area contributed by atoms with E-state index in [1.54, 1.807) is 17.0 Å². The van der Waals surface area contributed by atoms with Gasteiger partial charge in [-0.1, -0.05) is 59.6 Å². The van der Waals surface area contributed by atoms with Crippen molar-refractivity contribution in [2.24, 2.45) is 5.10 Å². The van der Waals surface area contributed by atoms with Crippen LogP contribution in [-0.2, 0) is 16.1 Å². The molecule has 33 heavy (non-hydrogen) atoms. The lowest BCUT2D eigenvalue weighted by molar-refractivity contribution is -0.137. The van der Waals surface area contributed by atoms with E-state index in [1.165, 1.54) is 5.01 Å². The largest absolute Gasteiger partial charge is 0.338 e. The molecule has 0 bridgehead atoms. The molecule has 176 valence electrons. The molecule has 0 unspecified atom stereocenters. The molecule has 1 heterocycles. The minimum absolute atomic E-state index is 0.0559. The first-order chi connectivity index (χ1) is 15.8. The number of amides is 2. The molecule has 2 amide bonds. The van der Waals surface area contributed by atoms with Crippen molar-refractivity contribution in [2.45, 2.75) is 32.2 Å². The number of nitrogens with zero attached hydrogens (tertiary/aromatic N) is 4. The molecule has 0 saturated heterocycles. The lowest BCUT2D eigenvalue weighted by atomic mass is 10.1. The Kier molecular flexibility index (Phi) is 9.30. The van der Waals surface area contributed by atoms with E-state index in [-0.39, 0.29) is 24.7 Å². The van der Waals surface area contributed by atoms with Gasteiger partial charge in [-0.15, -0.1) is 0 Å². The third kappa shape index (κ3) is 7.56. The summed E-state index contributed by atoms with van der Waals surface area (Å²) < 4.78 is 0. The Morgan fingerprint density at radius 2 is 1.76 bits per heavy atom. The number of rotatable bonds is 10. The van der Waals surface area contributed by atoms with Gasteiger partial charge >= 0.3 is 0 Å². The Morgan fingerprint density at radius 1 is 1.00 bits per heavy atom. The molecule has 6 nitrogen and oxygen atoms in total. The van der Waals surface area contributed by atoms with Crippen molar-refractivity contribution in [3.63, 3.8) is 0 Å². The molecule has 1 aliphatic rings. The van der Waals surface area contributed by atoms with Gasteiger partial charge in [-0.3, -0.25) is 9.59 Å². The molecule has 1 aliphatic heterocycles. The lowest BCUT2D eigenvalue weighted by Gasteiger charge is -2.24. The summed E-state index contributed by atoms with van der Waals surface area (Å²) >= 11 is 12.2. The number of carbonyl (C=O) groups is 2. The maximum atomic E-state index is 13.0. The summed E-state index contributed by atoms with van der Waals surface area (Å²) in [6.45, 7) is 2.45. The molecule has 0 N–H and O–H groups in total. The molecule has 0 fully saturated rings. The van der Waals surface area contributed by atoms with Crippen LogP contribution in [0, 0.1) is 0 Å². The van der Waals surface area contributed by atoms with Crippen LogP contribution in [0.2, 0.25) is 10.0 Å². The molecule has 0 aliphatic carbocycles. The highest BCUT2D eigenvalue weighted by Crippen LogP contribution is 2.23. The van der Waals surface area contributed by atoms with Crippen LogP contribution >= 0.6 is 23.2 Å². The number of benzene rings is 2. The zero-order chi connectivity index (χ0) is 23.8. The van der Waals surface area contributed by atoms with Crippen LogP contribution < -0.4 is 0 Å². The van der Waals surface area contributed by atoms with E-state index in [0.717, 1.165) is 36.2 Å². The first-order valence-electron chi connectivity index (χ1n) is 11.1. The van der Waals surface area contributed by atoms with E-state index >= 15 is 0 Å². The van der Waals surface area contributed by atoms with Crippen LogP contribution in [0.1, 0.15) is 36.8 Å². The molecule has 0 saturated carbocycles. The SMILES string of the molecule is CN(C)CCCN(Cc1ccc(Cl)c(Cl)c1)C(=O)CCC(=O)N1CCC(c2ccccc2)=N1. The zero-order valence-corrected chi connectivity index (χ0v) is 20.6. The van der Waals surface area contributed by atoms with E-state index in [4.69, 9.17) is 23.2 Å². The Balaban J connectivity index is 1.59. The molecule has 2 aromatic carbocycles. The average molecular weight is 489 g/mol. The van der Waals surface area contributed by atoms with E-state index in [9.17, 15) is 9.59 Å². The maximum Gasteiger partial charge on any atom is 0.243 e. The molecule has 0 radical (unpaired) electrons. The average Bonchev–Trinajstić information content (AvgIpc) is 3.30. The minimum atomic E-state index is -0.128. The topological polar surface area (TPSA) is 56.2 Å². The molecule has 8 heteroatoms. The monoisotopic (exact) mass is 488 g/mol. The predicted molar refractivity (Wildman–Crippen MR) is 134 cm³/mol. The third-order valence-corrected chi connectivity index (χ3v) is 6.23. The van der Waals surface area contributed by atoms with Gasteiger partial charge in [-0.2, -0.15) is 5.10 Å². The quantitative estimate of drug-likeness (QED) is 0.487. The van der Waals surface area contributed by atoms with E-state index < -0.39 is 0 Å². The number of hydrogen-bond acceptors (Lipinski definition) is 4. The predicted octanol–water partition coefficient (Wildman–Crippen LogP) is 4.69. The van der Waals surface area contributed by atoms with Crippen LogP contribution in [0.4, 0.5) is 0 Å². The summed E-state index contributed by atoms with van der Waals surface area (Å²) in [6, 6.07) is 15.2. The maximum absolute atomic E-state index is 13.0. The molecule has 0 aromatic heterocycles. The molecule has 0 atom stereocenters. The highest BCUT2D eigenvalue weighted by atomic mass is 35.5. The van der Waals surface area contributed by atoms with Crippen molar-refractivity contribution in [3.05, 3.63) is 69.7 Å². The Labute approximate surface area is 205 Å². The van der Waals surface area contributed by atoms with Crippen molar-refractivity contribution in [3.8, 4) is 0 Å². The van der Waals surface area contributed by atoms with Gasteiger partial charge in [0.25, 0.3) is 0 Å². The number of hydrazone groups is 1. The van der Waals surface area contributed by atoms with E-state index in [2.05, 4.69) is 10.0 Å². The first kappa shape index (κ1) is 25.2. The number of halogens is 2. The summed E-state index contributed by atoms with van der Waals surface area (Å²) in [5.74, 6) is -0.184. The molecule has 3 rings (SSSR count). The Hall–Kier alpha value is -2.41. The summed E-state index contributed by atoms with van der Waals surface area (Å²) in [5.41, 5.74) is 2.84. The fourth-order valence-electron chi connectivity index (χ4n) is 3.70. The van der Waals surface area contributed by atoms with Gasteiger partial charge in [0.05, 0.1) is 22.3 Å². The van der Waals surface area contributed by atoms with Crippen LogP contribution in [-0.4, -0.2) is 66.1 Å². The summed E-state index contributed by atoms with van der Waals surface area (Å²) in [5, 5.41) is 6.92. The second-order valence-electron chi connectivity index (χ2n) is 8.40. The van der Waals surface area contributed by atoms with Gasteiger partial charge in [0, 0.05) is 32.4 Å². The first-order valence-corrected chi connectivity index (χ1v) is 11.9. The van der Waals surface area contributed by atoms with Crippen molar-refractivity contribution in [1.82, 2.24) is 14.8 Å². The molecule has 2 aromatic rings. The van der Waals surface area contributed by atoms with Crippen molar-refractivity contribution >= 4 is 40.7 Å². The molecule has 0 spiro atoms. The minimum Gasteiger partial charge on any atom is -0.338 e. The van der Waals surface area contributed by atoms with Crippen LogP contribution in [0.25, 0.3) is 0 Å². The van der Waals surface area contributed by atoms with Crippen molar-refractivity contribution < 1.29 is 9.59 Å². The number of hydrogen-bond donors (Lipinski definition) is 0. The van der Waals surface area contributed by atoms with Gasteiger partial charge in [0.2, 0.25) is 11.8 Å². The van der Waals surface area contributed by atoms with E-state index in [1.807, 2.05) is 50.5 Å². The highest BCUT2D eigenvalue weighted by Gasteiger charge is 2.23. The fourth-order valence-corrected chi connectivity index (χ4v) is 4.02. The zero-order valence-electron chi connectivity index (χ0n) is 19.1.